The van der Waals surface area contributed by atoms with Crippen LogP contribution in [0.1, 0.15) is 54.2 Å². The number of amides is 3. The van der Waals surface area contributed by atoms with E-state index in [4.69, 9.17) is 16.3 Å². The highest BCUT2D eigenvalue weighted by atomic mass is 35.5. The molecule has 1 aliphatic heterocycles. The number of rotatable bonds is 4. The summed E-state index contributed by atoms with van der Waals surface area (Å²) in [6.07, 6.45) is 2.14. The fourth-order valence-corrected chi connectivity index (χ4v) is 4.74. The third kappa shape index (κ3) is 8.50. The first-order valence-corrected chi connectivity index (χ1v) is 13.2. The van der Waals surface area contributed by atoms with Crippen LogP contribution in [0.25, 0.3) is 0 Å². The number of nitrogens with zero attached hydrogens (tertiary/aromatic N) is 2. The van der Waals surface area contributed by atoms with E-state index < -0.39 is 0 Å². The molecule has 0 unspecified atom stereocenters. The average molecular weight is 521 g/mol. The maximum Gasteiger partial charge on any atom is 0.255 e. The second kappa shape index (κ2) is 12.9. The minimum Gasteiger partial charge on any atom is -0.491 e. The minimum absolute atomic E-state index is 0.0326. The van der Waals surface area contributed by atoms with Crippen LogP contribution in [0.15, 0.2) is 23.6 Å². The molecule has 2 heterocycles. The van der Waals surface area contributed by atoms with Gasteiger partial charge in [-0.3, -0.25) is 14.4 Å². The van der Waals surface area contributed by atoms with Crippen LogP contribution in [0, 0.1) is 12.8 Å². The lowest BCUT2D eigenvalue weighted by Gasteiger charge is -2.25. The van der Waals surface area contributed by atoms with Crippen LogP contribution >= 0.6 is 22.9 Å². The van der Waals surface area contributed by atoms with Crippen molar-refractivity contribution in [1.29, 1.82) is 0 Å². The topological polar surface area (TPSA) is 101 Å². The maximum absolute atomic E-state index is 13.0. The van der Waals surface area contributed by atoms with Gasteiger partial charge in [-0.15, -0.1) is 11.3 Å². The number of benzene rings is 1. The normalized spacial score (nSPS) is 18.1. The van der Waals surface area contributed by atoms with Crippen molar-refractivity contribution in [3.05, 3.63) is 44.9 Å². The summed E-state index contributed by atoms with van der Waals surface area (Å²) in [7, 11) is 0. The Morgan fingerprint density at radius 3 is 2.83 bits per heavy atom. The quantitative estimate of drug-likeness (QED) is 0.641. The zero-order valence-corrected chi connectivity index (χ0v) is 22.0. The molecule has 8 nitrogen and oxygen atoms in total. The molecule has 3 rings (SSSR count). The van der Waals surface area contributed by atoms with Crippen LogP contribution in [-0.2, 0) is 16.0 Å². The zero-order valence-electron chi connectivity index (χ0n) is 20.4. The first-order valence-electron chi connectivity index (χ1n) is 11.9. The zero-order chi connectivity index (χ0) is 25.4. The highest BCUT2D eigenvalue weighted by Gasteiger charge is 2.23. The predicted molar refractivity (Wildman–Crippen MR) is 137 cm³/mol. The summed E-state index contributed by atoms with van der Waals surface area (Å²) < 4.78 is 5.98. The van der Waals surface area contributed by atoms with Crippen molar-refractivity contribution in [2.45, 2.75) is 52.5 Å². The number of carbonyl (C=O) groups excluding carboxylic acids is 3. The summed E-state index contributed by atoms with van der Waals surface area (Å²) >= 11 is 7.62. The van der Waals surface area contributed by atoms with Crippen LogP contribution in [-0.4, -0.2) is 59.9 Å². The van der Waals surface area contributed by atoms with E-state index in [1.807, 2.05) is 12.3 Å². The second-order valence-corrected chi connectivity index (χ2v) is 10.7. The summed E-state index contributed by atoms with van der Waals surface area (Å²) in [6.45, 7) is 7.03. The summed E-state index contributed by atoms with van der Waals surface area (Å²) in [5.74, 6) is 0.0818. The average Bonchev–Trinajstić information content (AvgIpc) is 3.20. The summed E-state index contributed by atoms with van der Waals surface area (Å²) in [4.78, 5) is 44.7. The van der Waals surface area contributed by atoms with Crippen LogP contribution < -0.4 is 15.4 Å². The van der Waals surface area contributed by atoms with Crippen molar-refractivity contribution in [3.8, 4) is 5.75 Å². The molecule has 0 radical (unpaired) electrons. The third-order valence-electron chi connectivity index (χ3n) is 5.57. The molecular weight excluding hydrogens is 488 g/mol. The van der Waals surface area contributed by atoms with Gasteiger partial charge in [0.05, 0.1) is 35.3 Å². The first-order chi connectivity index (χ1) is 16.7. The van der Waals surface area contributed by atoms with Crippen molar-refractivity contribution in [1.82, 2.24) is 20.5 Å². The molecule has 2 aromatic rings. The van der Waals surface area contributed by atoms with Crippen LogP contribution in [0.2, 0.25) is 5.02 Å². The fraction of sp³-hybridized carbons (Fsp3) is 0.520. The second-order valence-electron chi connectivity index (χ2n) is 9.16. The van der Waals surface area contributed by atoms with Gasteiger partial charge in [0.15, 0.2) is 0 Å². The molecule has 10 heteroatoms. The van der Waals surface area contributed by atoms with Crippen molar-refractivity contribution in [2.24, 2.45) is 5.92 Å². The molecule has 0 saturated carbocycles. The Morgan fingerprint density at radius 2 is 2.11 bits per heavy atom. The molecule has 0 spiro atoms. The largest absolute Gasteiger partial charge is 0.491 e. The summed E-state index contributed by atoms with van der Waals surface area (Å²) in [5.41, 5.74) is 1.07. The Kier molecular flexibility index (Phi) is 9.92. The van der Waals surface area contributed by atoms with Gasteiger partial charge in [-0.1, -0.05) is 25.4 Å². The van der Waals surface area contributed by atoms with Crippen molar-refractivity contribution >= 4 is 40.7 Å². The Bertz CT molecular complexity index is 1040. The van der Waals surface area contributed by atoms with E-state index in [2.05, 4.69) is 29.5 Å². The first kappa shape index (κ1) is 26.9. The smallest absolute Gasteiger partial charge is 0.255 e. The fourth-order valence-electron chi connectivity index (χ4n) is 3.95. The van der Waals surface area contributed by atoms with E-state index in [1.165, 1.54) is 11.3 Å². The van der Waals surface area contributed by atoms with E-state index in [1.54, 1.807) is 23.1 Å². The SMILES string of the molecule is Cc1nc(CC(=O)N2CCCCNC(=O)c3cc(Cl)ccc3OC[C@H](CC(C)C)NC(=O)C2)cs1. The lowest BCUT2D eigenvalue weighted by Crippen LogP contribution is -2.47. The van der Waals surface area contributed by atoms with Gasteiger partial charge in [0.1, 0.15) is 12.4 Å². The van der Waals surface area contributed by atoms with Crippen molar-refractivity contribution < 1.29 is 19.1 Å². The van der Waals surface area contributed by atoms with Crippen LogP contribution in [0.3, 0.4) is 0 Å². The highest BCUT2D eigenvalue weighted by molar-refractivity contribution is 7.09. The van der Waals surface area contributed by atoms with E-state index in [0.717, 1.165) is 5.01 Å². The Balaban J connectivity index is 1.77. The van der Waals surface area contributed by atoms with Crippen molar-refractivity contribution in [2.75, 3.05) is 26.2 Å². The molecule has 1 aromatic carbocycles. The standard InChI is InChI=1S/C25H33ClN4O4S/c1-16(2)10-19-14-34-22-7-6-18(26)11-21(22)25(33)27-8-4-5-9-30(13-23(31)29-19)24(32)12-20-15-35-17(3)28-20/h6-7,11,15-16,19H,4-5,8-10,12-14H2,1-3H3,(H,27,33)(H,29,31)/t19-/m0/s1. The molecule has 0 saturated heterocycles. The van der Waals surface area contributed by atoms with Gasteiger partial charge in [-0.25, -0.2) is 4.98 Å². The number of thiazole rings is 1. The lowest BCUT2D eigenvalue weighted by atomic mass is 10.0. The summed E-state index contributed by atoms with van der Waals surface area (Å²) in [5, 5.41) is 9.14. The molecule has 0 aliphatic carbocycles. The van der Waals surface area contributed by atoms with Gasteiger partial charge in [-0.2, -0.15) is 0 Å². The van der Waals surface area contributed by atoms with Crippen molar-refractivity contribution in [3.63, 3.8) is 0 Å². The number of carbonyl (C=O) groups is 3. The number of ether oxygens (including phenoxy) is 1. The number of fused-ring (bicyclic) bond motifs is 1. The van der Waals surface area contributed by atoms with Gasteiger partial charge in [0.2, 0.25) is 11.8 Å². The molecule has 2 N–H and O–H groups in total. The van der Waals surface area contributed by atoms with E-state index in [0.29, 0.717) is 60.3 Å². The maximum atomic E-state index is 13.0. The minimum atomic E-state index is -0.280. The molecule has 1 aromatic heterocycles. The van der Waals surface area contributed by atoms with Crippen LogP contribution in [0.4, 0.5) is 0 Å². The monoisotopic (exact) mass is 520 g/mol. The highest BCUT2D eigenvalue weighted by Crippen LogP contribution is 2.24. The van der Waals surface area contributed by atoms with E-state index >= 15 is 0 Å². The number of hydrogen-bond acceptors (Lipinski definition) is 6. The molecule has 0 fully saturated rings. The van der Waals surface area contributed by atoms with Gasteiger partial charge < -0.3 is 20.3 Å². The van der Waals surface area contributed by atoms with E-state index in [9.17, 15) is 14.4 Å². The number of halogens is 1. The Morgan fingerprint density at radius 1 is 1.31 bits per heavy atom. The van der Waals surface area contributed by atoms with Gasteiger partial charge in [0, 0.05) is 23.5 Å². The molecule has 1 aliphatic rings. The molecule has 0 bridgehead atoms. The number of hydrogen-bond donors (Lipinski definition) is 2. The third-order valence-corrected chi connectivity index (χ3v) is 6.63. The Labute approximate surface area is 215 Å². The lowest BCUT2D eigenvalue weighted by molar-refractivity contribution is -0.136. The molecule has 3 amide bonds. The van der Waals surface area contributed by atoms with Gasteiger partial charge in [0.25, 0.3) is 5.91 Å². The van der Waals surface area contributed by atoms with Gasteiger partial charge >= 0.3 is 0 Å². The van der Waals surface area contributed by atoms with E-state index in [-0.39, 0.29) is 43.3 Å². The molecule has 35 heavy (non-hydrogen) atoms. The summed E-state index contributed by atoms with van der Waals surface area (Å²) in [6, 6.07) is 4.65. The number of nitrogens with one attached hydrogen (secondary N) is 2. The predicted octanol–water partition coefficient (Wildman–Crippen LogP) is 3.61. The Hall–Kier alpha value is -2.65. The van der Waals surface area contributed by atoms with Gasteiger partial charge in [-0.05, 0) is 50.3 Å². The molecular formula is C25H33ClN4O4S. The molecule has 190 valence electrons. The van der Waals surface area contributed by atoms with Crippen LogP contribution in [0.5, 0.6) is 5.75 Å². The number of aryl methyl sites for hydroxylation is 1. The molecule has 1 atom stereocenters. The number of aromatic nitrogens is 1.